The highest BCUT2D eigenvalue weighted by Gasteiger charge is 2.21. The van der Waals surface area contributed by atoms with Gasteiger partial charge >= 0.3 is 0 Å². The van der Waals surface area contributed by atoms with Crippen LogP contribution < -0.4 is 5.32 Å². The third kappa shape index (κ3) is 3.40. The third-order valence-corrected chi connectivity index (χ3v) is 5.04. The molecule has 2 aromatic carbocycles. The van der Waals surface area contributed by atoms with Gasteiger partial charge in [-0.25, -0.2) is 4.98 Å². The number of halogens is 1. The molecule has 1 atom stereocenters. The lowest BCUT2D eigenvalue weighted by Gasteiger charge is -2.10. The molecule has 0 bridgehead atoms. The van der Waals surface area contributed by atoms with E-state index in [0.29, 0.717) is 17.2 Å². The molecule has 1 amide bonds. The van der Waals surface area contributed by atoms with Gasteiger partial charge in [-0.1, -0.05) is 46.3 Å². The predicted octanol–water partition coefficient (Wildman–Crippen LogP) is 5.38. The van der Waals surface area contributed by atoms with Gasteiger partial charge in [-0.15, -0.1) is 0 Å². The average Bonchev–Trinajstić information content (AvgIpc) is 3.28. The molecular weight excluding hydrogens is 406 g/mol. The van der Waals surface area contributed by atoms with Crippen molar-refractivity contribution in [3.63, 3.8) is 0 Å². The van der Waals surface area contributed by atoms with Crippen LogP contribution in [0.4, 0.5) is 0 Å². The first kappa shape index (κ1) is 17.5. The summed E-state index contributed by atoms with van der Waals surface area (Å²) in [6, 6.07) is 15.4. The van der Waals surface area contributed by atoms with E-state index in [1.54, 1.807) is 6.20 Å². The second-order valence-electron chi connectivity index (χ2n) is 6.44. The van der Waals surface area contributed by atoms with Gasteiger partial charge in [0.2, 0.25) is 0 Å². The molecule has 27 heavy (non-hydrogen) atoms. The first-order valence-corrected chi connectivity index (χ1v) is 9.42. The van der Waals surface area contributed by atoms with Crippen LogP contribution in [0.2, 0.25) is 0 Å². The number of benzene rings is 2. The Morgan fingerprint density at radius 2 is 2.00 bits per heavy atom. The molecule has 1 unspecified atom stereocenters. The van der Waals surface area contributed by atoms with Crippen molar-refractivity contribution >= 4 is 32.8 Å². The zero-order chi connectivity index (χ0) is 19.0. The first-order valence-electron chi connectivity index (χ1n) is 8.63. The number of carbonyl (C=O) groups is 1. The minimum absolute atomic E-state index is 0.259. The molecular formula is C21H18BrN3O2. The third-order valence-electron chi connectivity index (χ3n) is 4.54. The van der Waals surface area contributed by atoms with Crippen LogP contribution in [-0.2, 0) is 0 Å². The summed E-state index contributed by atoms with van der Waals surface area (Å²) in [6.07, 6.45) is 1.78. The number of fused-ring (bicyclic) bond motifs is 1. The zero-order valence-electron chi connectivity index (χ0n) is 14.9. The van der Waals surface area contributed by atoms with E-state index < -0.39 is 0 Å². The summed E-state index contributed by atoms with van der Waals surface area (Å²) < 4.78 is 6.71. The van der Waals surface area contributed by atoms with Crippen LogP contribution in [0.1, 0.15) is 34.9 Å². The monoisotopic (exact) mass is 423 g/mol. The summed E-state index contributed by atoms with van der Waals surface area (Å²) in [5.74, 6) is 0.758. The van der Waals surface area contributed by atoms with Crippen molar-refractivity contribution in [1.29, 1.82) is 0 Å². The molecule has 0 aliphatic carbocycles. The van der Waals surface area contributed by atoms with Crippen LogP contribution in [-0.4, -0.2) is 15.9 Å². The van der Waals surface area contributed by atoms with Crippen molar-refractivity contribution in [3.8, 4) is 11.3 Å². The summed E-state index contributed by atoms with van der Waals surface area (Å²) in [7, 11) is 0. The molecule has 0 fully saturated rings. The van der Waals surface area contributed by atoms with E-state index in [-0.39, 0.29) is 11.9 Å². The fraction of sp³-hybridized carbons (Fsp3) is 0.143. The fourth-order valence-electron chi connectivity index (χ4n) is 3.06. The molecule has 0 spiro atoms. The van der Waals surface area contributed by atoms with Gasteiger partial charge in [0.05, 0.1) is 17.9 Å². The van der Waals surface area contributed by atoms with Crippen molar-refractivity contribution in [2.75, 3.05) is 0 Å². The van der Waals surface area contributed by atoms with E-state index in [4.69, 9.17) is 4.42 Å². The SMILES string of the molecule is Cc1c(C(=O)NC(C)c2ncc(-c3ccccc3)[nH]2)oc2ccc(Br)cc12. The Bertz CT molecular complexity index is 1120. The van der Waals surface area contributed by atoms with Crippen LogP contribution in [0.15, 0.2) is 63.6 Å². The molecule has 0 saturated heterocycles. The van der Waals surface area contributed by atoms with Crippen molar-refractivity contribution < 1.29 is 9.21 Å². The molecule has 136 valence electrons. The zero-order valence-corrected chi connectivity index (χ0v) is 16.5. The van der Waals surface area contributed by atoms with Crippen LogP contribution in [0.25, 0.3) is 22.2 Å². The minimum atomic E-state index is -0.283. The molecule has 5 nitrogen and oxygen atoms in total. The van der Waals surface area contributed by atoms with Gasteiger partial charge in [-0.05, 0) is 37.6 Å². The number of aromatic nitrogens is 2. The quantitative estimate of drug-likeness (QED) is 0.462. The molecule has 2 aromatic heterocycles. The number of H-pyrrole nitrogens is 1. The number of nitrogens with one attached hydrogen (secondary N) is 2. The second kappa shape index (κ2) is 7.04. The molecule has 0 aliphatic heterocycles. The van der Waals surface area contributed by atoms with E-state index in [1.165, 1.54) is 0 Å². The van der Waals surface area contributed by atoms with E-state index in [0.717, 1.165) is 26.7 Å². The van der Waals surface area contributed by atoms with Gasteiger partial charge in [-0.2, -0.15) is 0 Å². The molecule has 0 aliphatic rings. The number of aryl methyl sites for hydroxylation is 1. The Hall–Kier alpha value is -2.86. The Labute approximate surface area is 164 Å². The maximum Gasteiger partial charge on any atom is 0.287 e. The number of carbonyl (C=O) groups excluding carboxylic acids is 1. The van der Waals surface area contributed by atoms with E-state index in [1.807, 2.05) is 62.4 Å². The van der Waals surface area contributed by atoms with Gasteiger partial charge in [0.15, 0.2) is 5.76 Å². The number of aromatic amines is 1. The molecule has 4 rings (SSSR count). The summed E-state index contributed by atoms with van der Waals surface area (Å²) in [4.78, 5) is 20.4. The van der Waals surface area contributed by atoms with E-state index in [2.05, 4.69) is 31.2 Å². The Kier molecular flexibility index (Phi) is 4.58. The largest absolute Gasteiger partial charge is 0.451 e. The number of hydrogen-bond acceptors (Lipinski definition) is 3. The normalized spacial score (nSPS) is 12.3. The summed E-state index contributed by atoms with van der Waals surface area (Å²) in [6.45, 7) is 3.78. The average molecular weight is 424 g/mol. The number of amides is 1. The maximum atomic E-state index is 12.7. The maximum absolute atomic E-state index is 12.7. The lowest BCUT2D eigenvalue weighted by atomic mass is 10.1. The molecule has 0 radical (unpaired) electrons. The van der Waals surface area contributed by atoms with Crippen molar-refractivity contribution in [2.45, 2.75) is 19.9 Å². The minimum Gasteiger partial charge on any atom is -0.451 e. The molecule has 2 N–H and O–H groups in total. The van der Waals surface area contributed by atoms with Crippen LogP contribution in [0.5, 0.6) is 0 Å². The number of nitrogens with zero attached hydrogens (tertiary/aromatic N) is 1. The van der Waals surface area contributed by atoms with E-state index >= 15 is 0 Å². The van der Waals surface area contributed by atoms with Gasteiger partial charge in [-0.3, -0.25) is 4.79 Å². The number of imidazole rings is 1. The van der Waals surface area contributed by atoms with Crippen LogP contribution in [0.3, 0.4) is 0 Å². The Morgan fingerprint density at radius 1 is 1.22 bits per heavy atom. The van der Waals surface area contributed by atoms with Crippen molar-refractivity contribution in [2.24, 2.45) is 0 Å². The highest BCUT2D eigenvalue weighted by molar-refractivity contribution is 9.10. The summed E-state index contributed by atoms with van der Waals surface area (Å²) in [5.41, 5.74) is 3.48. The van der Waals surface area contributed by atoms with Gasteiger partial charge in [0.25, 0.3) is 5.91 Å². The highest BCUT2D eigenvalue weighted by atomic mass is 79.9. The van der Waals surface area contributed by atoms with Gasteiger partial charge in [0, 0.05) is 15.4 Å². The number of furan rings is 1. The topological polar surface area (TPSA) is 70.9 Å². The first-order chi connectivity index (χ1) is 13.0. The van der Waals surface area contributed by atoms with Crippen LogP contribution in [0, 0.1) is 6.92 Å². The second-order valence-corrected chi connectivity index (χ2v) is 7.36. The fourth-order valence-corrected chi connectivity index (χ4v) is 3.42. The summed E-state index contributed by atoms with van der Waals surface area (Å²) >= 11 is 3.45. The number of rotatable bonds is 4. The van der Waals surface area contributed by atoms with Crippen molar-refractivity contribution in [3.05, 3.63) is 76.3 Å². The van der Waals surface area contributed by atoms with Gasteiger partial charge in [0.1, 0.15) is 11.4 Å². The highest BCUT2D eigenvalue weighted by Crippen LogP contribution is 2.28. The van der Waals surface area contributed by atoms with Gasteiger partial charge < -0.3 is 14.7 Å². The smallest absolute Gasteiger partial charge is 0.287 e. The predicted molar refractivity (Wildman–Crippen MR) is 109 cm³/mol. The molecule has 2 heterocycles. The standard InChI is InChI=1S/C21H18BrN3O2/c1-12-16-10-15(22)8-9-18(16)27-19(12)21(26)24-13(2)20-23-11-17(25-20)14-6-4-3-5-7-14/h3-11,13H,1-2H3,(H,23,25)(H,24,26). The van der Waals surface area contributed by atoms with Crippen molar-refractivity contribution in [1.82, 2.24) is 15.3 Å². The Balaban J connectivity index is 1.55. The molecule has 0 saturated carbocycles. The molecule has 6 heteroatoms. The summed E-state index contributed by atoms with van der Waals surface area (Å²) in [5, 5.41) is 3.88. The van der Waals surface area contributed by atoms with E-state index in [9.17, 15) is 4.79 Å². The lowest BCUT2D eigenvalue weighted by Crippen LogP contribution is -2.27. The number of hydrogen-bond donors (Lipinski definition) is 2. The lowest BCUT2D eigenvalue weighted by molar-refractivity contribution is 0.0911. The Morgan fingerprint density at radius 3 is 2.78 bits per heavy atom. The molecule has 4 aromatic rings. The van der Waals surface area contributed by atoms with Crippen LogP contribution >= 0.6 is 15.9 Å².